The lowest BCUT2D eigenvalue weighted by Crippen LogP contribution is -2.45. The second-order valence-corrected chi connectivity index (χ2v) is 26.0. The summed E-state index contributed by atoms with van der Waals surface area (Å²) in [6.45, 7) is 4.93. The molecule has 0 aromatic heterocycles. The molecular weight excluding hydrogens is 1020 g/mol. The number of aliphatic hydroxyl groups excluding tert-OH is 2. The number of aliphatic hydroxyl groups is 2. The molecule has 0 aliphatic rings. The van der Waals surface area contributed by atoms with Crippen LogP contribution in [0.5, 0.6) is 0 Å². The van der Waals surface area contributed by atoms with E-state index in [-0.39, 0.29) is 18.5 Å². The lowest BCUT2D eigenvalue weighted by molar-refractivity contribution is -0.143. The summed E-state index contributed by atoms with van der Waals surface area (Å²) < 4.78 is 5.51. The Labute approximate surface area is 519 Å². The molecule has 6 nitrogen and oxygen atoms in total. The van der Waals surface area contributed by atoms with E-state index in [4.69, 9.17) is 4.74 Å². The van der Waals surface area contributed by atoms with E-state index >= 15 is 0 Å². The fraction of sp³-hybridized carbons (Fsp3) is 0.896. The molecule has 2 unspecified atom stereocenters. The van der Waals surface area contributed by atoms with Gasteiger partial charge >= 0.3 is 5.97 Å². The van der Waals surface area contributed by atoms with Crippen molar-refractivity contribution in [3.8, 4) is 0 Å². The fourth-order valence-corrected chi connectivity index (χ4v) is 11.9. The maximum Gasteiger partial charge on any atom is 0.305 e. The van der Waals surface area contributed by atoms with Crippen molar-refractivity contribution in [1.29, 1.82) is 0 Å². The second kappa shape index (κ2) is 72.6. The molecule has 0 bridgehead atoms. The molecule has 6 heteroatoms. The zero-order valence-electron chi connectivity index (χ0n) is 56.2. The lowest BCUT2D eigenvalue weighted by Gasteiger charge is -2.20. The zero-order valence-corrected chi connectivity index (χ0v) is 56.2. The van der Waals surface area contributed by atoms with Crippen LogP contribution in [0.2, 0.25) is 0 Å². The summed E-state index contributed by atoms with van der Waals surface area (Å²) in [6.07, 6.45) is 94.0. The van der Waals surface area contributed by atoms with Crippen molar-refractivity contribution in [2.24, 2.45) is 0 Å². The van der Waals surface area contributed by atoms with Crippen LogP contribution in [0.1, 0.15) is 418 Å². The molecular formula is C77H147NO5. The van der Waals surface area contributed by atoms with E-state index in [0.717, 1.165) is 44.9 Å². The Morgan fingerprint density at radius 2 is 0.566 bits per heavy atom. The number of carbonyl (C=O) groups is 2. The highest BCUT2D eigenvalue weighted by Crippen LogP contribution is 2.19. The predicted octanol–water partition coefficient (Wildman–Crippen LogP) is 24.7. The third kappa shape index (κ3) is 69.1. The van der Waals surface area contributed by atoms with E-state index in [0.29, 0.717) is 19.4 Å². The molecule has 2 atom stereocenters. The van der Waals surface area contributed by atoms with Gasteiger partial charge in [0.2, 0.25) is 5.91 Å². The van der Waals surface area contributed by atoms with Crippen LogP contribution in [0, 0.1) is 0 Å². The third-order valence-electron chi connectivity index (χ3n) is 17.6. The van der Waals surface area contributed by atoms with Crippen molar-refractivity contribution in [3.63, 3.8) is 0 Å². The van der Waals surface area contributed by atoms with Crippen molar-refractivity contribution in [2.75, 3.05) is 13.2 Å². The SMILES string of the molecule is CCCCCCCC/C=C\CCCCCCCCCC(=O)OCCCCCCCCCCCCCCCC/C=C\CCCCCCCCCCCCCCCCCCCC(=O)NC(CO)C(O)/C=C/CCCCCCCCCCCCCC. The Hall–Kier alpha value is -1.92. The summed E-state index contributed by atoms with van der Waals surface area (Å²) >= 11 is 0. The van der Waals surface area contributed by atoms with E-state index < -0.39 is 12.1 Å². The Balaban J connectivity index is 3.34. The third-order valence-corrected chi connectivity index (χ3v) is 17.6. The van der Waals surface area contributed by atoms with E-state index in [1.165, 1.54) is 347 Å². The normalized spacial score (nSPS) is 12.7. The van der Waals surface area contributed by atoms with Gasteiger partial charge in [-0.2, -0.15) is 0 Å². The highest BCUT2D eigenvalue weighted by Gasteiger charge is 2.18. The summed E-state index contributed by atoms with van der Waals surface area (Å²) in [5, 5.41) is 23.2. The van der Waals surface area contributed by atoms with Gasteiger partial charge in [-0.05, 0) is 83.5 Å². The Bertz CT molecular complexity index is 1340. The summed E-state index contributed by atoms with van der Waals surface area (Å²) in [5.74, 6) is -0.0452. The first kappa shape index (κ1) is 81.1. The van der Waals surface area contributed by atoms with Gasteiger partial charge in [0.05, 0.1) is 25.4 Å². The minimum Gasteiger partial charge on any atom is -0.466 e. The predicted molar refractivity (Wildman–Crippen MR) is 366 cm³/mol. The van der Waals surface area contributed by atoms with E-state index in [9.17, 15) is 19.8 Å². The van der Waals surface area contributed by atoms with Crippen molar-refractivity contribution in [2.45, 2.75) is 431 Å². The number of rotatable bonds is 71. The quantitative estimate of drug-likeness (QED) is 0.0320. The Morgan fingerprint density at radius 3 is 0.855 bits per heavy atom. The molecule has 0 aromatic rings. The second-order valence-electron chi connectivity index (χ2n) is 26.0. The molecule has 0 radical (unpaired) electrons. The molecule has 0 rings (SSSR count). The standard InChI is InChI=1S/C77H147NO5/c1-3-5-7-9-11-13-15-17-19-39-43-47-51-55-59-63-67-71-77(82)83-72-68-64-60-56-52-48-44-41-38-36-34-32-30-28-26-24-22-20-21-23-25-27-29-31-33-35-37-40-42-46-50-54-58-62-66-70-76(81)78-74(73-79)75(80)69-65-61-57-53-49-45-18-16-14-12-10-8-6-4-2/h17,19,22,24,65,69,74-75,79-80H,3-16,18,20-21,23,25-64,66-68,70-73H2,1-2H3,(H,78,81)/b19-17-,24-22-,69-65+. The van der Waals surface area contributed by atoms with Crippen molar-refractivity contribution < 1.29 is 24.5 Å². The van der Waals surface area contributed by atoms with Crippen LogP contribution in [-0.2, 0) is 14.3 Å². The number of unbranched alkanes of at least 4 members (excludes halogenated alkanes) is 56. The van der Waals surface area contributed by atoms with Gasteiger partial charge in [-0.3, -0.25) is 9.59 Å². The molecule has 0 heterocycles. The molecule has 3 N–H and O–H groups in total. The molecule has 0 aliphatic heterocycles. The summed E-state index contributed by atoms with van der Waals surface area (Å²) in [7, 11) is 0. The van der Waals surface area contributed by atoms with Gasteiger partial charge < -0.3 is 20.3 Å². The van der Waals surface area contributed by atoms with Crippen molar-refractivity contribution in [3.05, 3.63) is 36.5 Å². The summed E-state index contributed by atoms with van der Waals surface area (Å²) in [6, 6.07) is -0.625. The first-order valence-electron chi connectivity index (χ1n) is 37.8. The minimum absolute atomic E-state index is 0.0172. The topological polar surface area (TPSA) is 95.9 Å². The summed E-state index contributed by atoms with van der Waals surface area (Å²) in [5.41, 5.74) is 0. The molecule has 1 amide bonds. The summed E-state index contributed by atoms with van der Waals surface area (Å²) in [4.78, 5) is 24.6. The number of carbonyl (C=O) groups excluding carboxylic acids is 2. The number of amides is 1. The monoisotopic (exact) mass is 1170 g/mol. The largest absolute Gasteiger partial charge is 0.466 e. The van der Waals surface area contributed by atoms with Gasteiger partial charge in [-0.1, -0.05) is 359 Å². The number of hydrogen-bond donors (Lipinski definition) is 3. The van der Waals surface area contributed by atoms with Crippen LogP contribution in [0.3, 0.4) is 0 Å². The maximum atomic E-state index is 12.5. The Kier molecular flexibility index (Phi) is 70.9. The van der Waals surface area contributed by atoms with Gasteiger partial charge in [-0.15, -0.1) is 0 Å². The van der Waals surface area contributed by atoms with Gasteiger partial charge in [0.1, 0.15) is 0 Å². The van der Waals surface area contributed by atoms with Crippen LogP contribution in [0.25, 0.3) is 0 Å². The van der Waals surface area contributed by atoms with Crippen LogP contribution in [-0.4, -0.2) is 47.4 Å². The lowest BCUT2D eigenvalue weighted by atomic mass is 10.0. The van der Waals surface area contributed by atoms with Crippen LogP contribution < -0.4 is 5.32 Å². The maximum absolute atomic E-state index is 12.5. The number of nitrogens with one attached hydrogen (secondary N) is 1. The molecule has 0 aromatic carbocycles. The van der Waals surface area contributed by atoms with Gasteiger partial charge in [0, 0.05) is 12.8 Å². The van der Waals surface area contributed by atoms with E-state index in [1.54, 1.807) is 6.08 Å². The highest BCUT2D eigenvalue weighted by atomic mass is 16.5. The number of hydrogen-bond acceptors (Lipinski definition) is 5. The van der Waals surface area contributed by atoms with Crippen LogP contribution in [0.15, 0.2) is 36.5 Å². The average Bonchev–Trinajstić information content (AvgIpc) is 3.49. The van der Waals surface area contributed by atoms with Crippen molar-refractivity contribution in [1.82, 2.24) is 5.32 Å². The van der Waals surface area contributed by atoms with Crippen molar-refractivity contribution >= 4 is 11.9 Å². The number of esters is 1. The molecule has 0 saturated heterocycles. The molecule has 0 spiro atoms. The minimum atomic E-state index is -0.841. The van der Waals surface area contributed by atoms with E-state index in [1.807, 2.05) is 6.08 Å². The zero-order chi connectivity index (χ0) is 59.9. The average molecular weight is 1170 g/mol. The fourth-order valence-electron chi connectivity index (χ4n) is 11.9. The van der Waals surface area contributed by atoms with Gasteiger partial charge in [-0.25, -0.2) is 0 Å². The molecule has 83 heavy (non-hydrogen) atoms. The first-order valence-corrected chi connectivity index (χ1v) is 37.8. The molecule has 490 valence electrons. The highest BCUT2D eigenvalue weighted by molar-refractivity contribution is 5.76. The molecule has 0 aliphatic carbocycles. The van der Waals surface area contributed by atoms with Crippen LogP contribution in [0.4, 0.5) is 0 Å². The smallest absolute Gasteiger partial charge is 0.305 e. The van der Waals surface area contributed by atoms with Gasteiger partial charge in [0.25, 0.3) is 0 Å². The van der Waals surface area contributed by atoms with E-state index in [2.05, 4.69) is 43.5 Å². The number of allylic oxidation sites excluding steroid dienone is 5. The van der Waals surface area contributed by atoms with Gasteiger partial charge in [0.15, 0.2) is 0 Å². The molecule has 0 fully saturated rings. The number of ether oxygens (including phenoxy) is 1. The first-order chi connectivity index (χ1) is 41.0. The Morgan fingerprint density at radius 1 is 0.325 bits per heavy atom. The van der Waals surface area contributed by atoms with Crippen LogP contribution >= 0.6 is 0 Å². The molecule has 0 saturated carbocycles.